The molecule has 0 fully saturated rings. The number of methoxy groups -OCH3 is 1. The maximum atomic E-state index is 12.2. The maximum absolute atomic E-state index is 12.2. The Morgan fingerprint density at radius 1 is 1.33 bits per heavy atom. The molecule has 0 aliphatic rings. The van der Waals surface area contributed by atoms with Crippen LogP contribution >= 0.6 is 0 Å². The topological polar surface area (TPSA) is 158 Å². The Morgan fingerprint density at radius 2 is 2.08 bits per heavy atom. The molecule has 2 heterocycles. The standard InChI is InChI=1S/C15H11N5O4/c1-24-9-4-6(2-3-8(9)21)10-7(5-16)12(17)18-13-11(10)14(22)20-15(23)19-13/h2-4,21H,1H3,(H4,17,18,19,20,22,23). The predicted octanol–water partition coefficient (Wildman–Crippen LogP) is 0.446. The third kappa shape index (κ3) is 2.22. The molecule has 2 aromatic heterocycles. The lowest BCUT2D eigenvalue weighted by Crippen LogP contribution is -2.23. The van der Waals surface area contributed by atoms with Gasteiger partial charge in [0.2, 0.25) is 0 Å². The number of benzene rings is 1. The number of H-pyrrole nitrogens is 2. The Balaban J connectivity index is 2.53. The van der Waals surface area contributed by atoms with E-state index in [4.69, 9.17) is 10.5 Å². The van der Waals surface area contributed by atoms with Crippen LogP contribution in [-0.2, 0) is 0 Å². The van der Waals surface area contributed by atoms with Gasteiger partial charge in [-0.15, -0.1) is 0 Å². The zero-order valence-corrected chi connectivity index (χ0v) is 12.4. The summed E-state index contributed by atoms with van der Waals surface area (Å²) in [7, 11) is 1.37. The minimum absolute atomic E-state index is 0.00749. The van der Waals surface area contributed by atoms with Crippen LogP contribution in [0.2, 0.25) is 0 Å². The molecule has 9 nitrogen and oxygen atoms in total. The van der Waals surface area contributed by atoms with E-state index in [1.165, 1.54) is 25.3 Å². The number of fused-ring (bicyclic) bond motifs is 1. The molecule has 0 aliphatic carbocycles. The Hall–Kier alpha value is -3.80. The summed E-state index contributed by atoms with van der Waals surface area (Å²) in [5.74, 6) is -0.0810. The molecule has 0 unspecified atom stereocenters. The molecule has 0 saturated carbocycles. The SMILES string of the molecule is COc1cc(-c2c(C#N)c(N)nc3[nH]c(=O)[nH]c(=O)c23)ccc1O. The fourth-order valence-corrected chi connectivity index (χ4v) is 2.45. The smallest absolute Gasteiger partial charge is 0.327 e. The highest BCUT2D eigenvalue weighted by molar-refractivity contribution is 5.97. The van der Waals surface area contributed by atoms with Gasteiger partial charge in [0.15, 0.2) is 11.5 Å². The van der Waals surface area contributed by atoms with E-state index in [-0.39, 0.29) is 39.5 Å². The summed E-state index contributed by atoms with van der Waals surface area (Å²) in [5, 5.41) is 19.1. The lowest BCUT2D eigenvalue weighted by molar-refractivity contribution is 0.373. The van der Waals surface area contributed by atoms with Crippen molar-refractivity contribution in [2.75, 3.05) is 12.8 Å². The number of aromatic amines is 2. The Bertz CT molecular complexity index is 1120. The molecule has 3 aromatic rings. The highest BCUT2D eigenvalue weighted by Crippen LogP contribution is 2.36. The summed E-state index contributed by atoms with van der Waals surface area (Å²) in [6.07, 6.45) is 0. The summed E-state index contributed by atoms with van der Waals surface area (Å²) in [6, 6.07) is 6.22. The van der Waals surface area contributed by atoms with Crippen LogP contribution in [0.3, 0.4) is 0 Å². The normalized spacial score (nSPS) is 10.5. The van der Waals surface area contributed by atoms with Crippen LogP contribution in [0.5, 0.6) is 11.5 Å². The molecule has 0 spiro atoms. The zero-order valence-electron chi connectivity index (χ0n) is 12.4. The number of hydrogen-bond donors (Lipinski definition) is 4. The van der Waals surface area contributed by atoms with Gasteiger partial charge in [-0.1, -0.05) is 6.07 Å². The molecule has 0 bridgehead atoms. The molecule has 5 N–H and O–H groups in total. The van der Waals surface area contributed by atoms with E-state index in [0.717, 1.165) is 0 Å². The lowest BCUT2D eigenvalue weighted by atomic mass is 9.97. The minimum Gasteiger partial charge on any atom is -0.504 e. The molecule has 0 amide bonds. The Labute approximate surface area is 134 Å². The number of anilines is 1. The van der Waals surface area contributed by atoms with E-state index in [9.17, 15) is 20.0 Å². The average molecular weight is 325 g/mol. The van der Waals surface area contributed by atoms with E-state index in [0.29, 0.717) is 5.56 Å². The first-order chi connectivity index (χ1) is 11.5. The van der Waals surface area contributed by atoms with Crippen molar-refractivity contribution in [3.05, 3.63) is 44.6 Å². The molecule has 120 valence electrons. The van der Waals surface area contributed by atoms with Crippen LogP contribution < -0.4 is 21.7 Å². The fourth-order valence-electron chi connectivity index (χ4n) is 2.45. The largest absolute Gasteiger partial charge is 0.504 e. The van der Waals surface area contributed by atoms with E-state index < -0.39 is 11.2 Å². The number of ether oxygens (including phenoxy) is 1. The third-order valence-corrected chi connectivity index (χ3v) is 3.49. The van der Waals surface area contributed by atoms with Crippen LogP contribution in [0, 0.1) is 11.3 Å². The monoisotopic (exact) mass is 325 g/mol. The summed E-state index contributed by atoms with van der Waals surface area (Å²) in [4.78, 5) is 32.1. The number of phenolic OH excluding ortho intramolecular Hbond substituents is 1. The second-order valence-corrected chi connectivity index (χ2v) is 4.88. The van der Waals surface area contributed by atoms with Crippen molar-refractivity contribution in [1.82, 2.24) is 15.0 Å². The first kappa shape index (κ1) is 15.1. The lowest BCUT2D eigenvalue weighted by Gasteiger charge is -2.11. The van der Waals surface area contributed by atoms with Crippen LogP contribution in [0.15, 0.2) is 27.8 Å². The van der Waals surface area contributed by atoms with Crippen LogP contribution in [0.25, 0.3) is 22.2 Å². The van der Waals surface area contributed by atoms with Crippen molar-refractivity contribution in [3.63, 3.8) is 0 Å². The fraction of sp³-hybridized carbons (Fsp3) is 0.0667. The molecule has 3 rings (SSSR count). The number of nitrogens with one attached hydrogen (secondary N) is 2. The first-order valence-corrected chi connectivity index (χ1v) is 6.69. The second-order valence-electron chi connectivity index (χ2n) is 4.88. The second kappa shape index (κ2) is 5.44. The molecule has 0 atom stereocenters. The van der Waals surface area contributed by atoms with Crippen LogP contribution in [-0.4, -0.2) is 27.2 Å². The maximum Gasteiger partial charge on any atom is 0.327 e. The van der Waals surface area contributed by atoms with Gasteiger partial charge in [-0.05, 0) is 17.7 Å². The molecular weight excluding hydrogens is 314 g/mol. The quantitative estimate of drug-likeness (QED) is 0.532. The number of phenols is 1. The van der Waals surface area contributed by atoms with E-state index in [2.05, 4.69) is 15.0 Å². The van der Waals surface area contributed by atoms with Crippen LogP contribution in [0.1, 0.15) is 5.56 Å². The number of hydrogen-bond acceptors (Lipinski definition) is 7. The number of aromatic nitrogens is 3. The van der Waals surface area contributed by atoms with Gasteiger partial charge in [-0.2, -0.15) is 5.26 Å². The molecule has 0 radical (unpaired) electrons. The van der Waals surface area contributed by atoms with Gasteiger partial charge < -0.3 is 15.6 Å². The predicted molar refractivity (Wildman–Crippen MR) is 85.8 cm³/mol. The zero-order chi connectivity index (χ0) is 17.4. The first-order valence-electron chi connectivity index (χ1n) is 6.69. The van der Waals surface area contributed by atoms with Gasteiger partial charge in [0.05, 0.1) is 12.5 Å². The van der Waals surface area contributed by atoms with Crippen molar-refractivity contribution in [2.24, 2.45) is 0 Å². The van der Waals surface area contributed by atoms with E-state index >= 15 is 0 Å². The molecule has 0 aliphatic heterocycles. The van der Waals surface area contributed by atoms with Gasteiger partial charge in [0.25, 0.3) is 5.56 Å². The van der Waals surface area contributed by atoms with Gasteiger partial charge >= 0.3 is 5.69 Å². The van der Waals surface area contributed by atoms with Gasteiger partial charge in [-0.3, -0.25) is 14.8 Å². The van der Waals surface area contributed by atoms with Crippen LogP contribution in [0.4, 0.5) is 5.82 Å². The number of nitriles is 1. The van der Waals surface area contributed by atoms with Crippen molar-refractivity contribution >= 4 is 16.9 Å². The number of nitrogen functional groups attached to an aromatic ring is 1. The van der Waals surface area contributed by atoms with Gasteiger partial charge in [0, 0.05) is 5.56 Å². The highest BCUT2D eigenvalue weighted by Gasteiger charge is 2.19. The highest BCUT2D eigenvalue weighted by atomic mass is 16.5. The Morgan fingerprint density at radius 3 is 2.75 bits per heavy atom. The van der Waals surface area contributed by atoms with Gasteiger partial charge in [0.1, 0.15) is 23.1 Å². The summed E-state index contributed by atoms with van der Waals surface area (Å²) in [6.45, 7) is 0. The Kier molecular flexibility index (Phi) is 3.42. The van der Waals surface area contributed by atoms with E-state index in [1.807, 2.05) is 6.07 Å². The summed E-state index contributed by atoms with van der Waals surface area (Å²) >= 11 is 0. The molecule has 1 aromatic carbocycles. The molecule has 0 saturated heterocycles. The number of pyridine rings is 1. The van der Waals surface area contributed by atoms with Crippen molar-refractivity contribution in [1.29, 1.82) is 5.26 Å². The van der Waals surface area contributed by atoms with Crippen molar-refractivity contribution in [3.8, 4) is 28.7 Å². The summed E-state index contributed by atoms with van der Waals surface area (Å²) in [5.41, 5.74) is 4.87. The van der Waals surface area contributed by atoms with Crippen molar-refractivity contribution < 1.29 is 9.84 Å². The molecule has 24 heavy (non-hydrogen) atoms. The minimum atomic E-state index is -0.738. The van der Waals surface area contributed by atoms with E-state index in [1.54, 1.807) is 0 Å². The molecule has 9 heteroatoms. The number of aromatic hydroxyl groups is 1. The number of rotatable bonds is 2. The van der Waals surface area contributed by atoms with Gasteiger partial charge in [-0.25, -0.2) is 9.78 Å². The molecular formula is C15H11N5O4. The number of nitrogens with zero attached hydrogens (tertiary/aromatic N) is 2. The third-order valence-electron chi connectivity index (χ3n) is 3.49. The number of nitrogens with two attached hydrogens (primary N) is 1. The summed E-state index contributed by atoms with van der Waals surface area (Å²) < 4.78 is 5.05. The average Bonchev–Trinajstić information content (AvgIpc) is 2.53. The van der Waals surface area contributed by atoms with Crippen molar-refractivity contribution in [2.45, 2.75) is 0 Å².